The minimum absolute atomic E-state index is 0.221. The fourth-order valence-corrected chi connectivity index (χ4v) is 2.02. The van der Waals surface area contributed by atoms with Gasteiger partial charge >= 0.3 is 6.36 Å². The molecule has 2 nitrogen and oxygen atoms in total. The molecule has 0 amide bonds. The number of benzene rings is 2. The normalized spacial score (nSPS) is 11.4. The third-order valence-corrected chi connectivity index (χ3v) is 2.94. The molecule has 112 valence electrons. The lowest BCUT2D eigenvalue weighted by Crippen LogP contribution is -2.17. The number of rotatable bonds is 5. The SMILES string of the molecule is FC(F)(F)Oc1ccc(CNCc2cccc(Cl)c2)cc1. The first-order valence-electron chi connectivity index (χ1n) is 6.22. The highest BCUT2D eigenvalue weighted by Gasteiger charge is 2.30. The second-order valence-electron chi connectivity index (χ2n) is 4.43. The lowest BCUT2D eigenvalue weighted by molar-refractivity contribution is -0.274. The van der Waals surface area contributed by atoms with Crippen molar-refractivity contribution in [3.8, 4) is 5.75 Å². The Balaban J connectivity index is 1.84. The second-order valence-corrected chi connectivity index (χ2v) is 4.86. The van der Waals surface area contributed by atoms with Crippen molar-refractivity contribution in [2.24, 2.45) is 0 Å². The second kappa shape index (κ2) is 6.83. The van der Waals surface area contributed by atoms with Gasteiger partial charge in [0.15, 0.2) is 0 Å². The molecule has 2 aromatic rings. The predicted octanol–water partition coefficient (Wildman–Crippen LogP) is 4.53. The topological polar surface area (TPSA) is 21.3 Å². The Hall–Kier alpha value is -1.72. The van der Waals surface area contributed by atoms with Gasteiger partial charge in [0.05, 0.1) is 0 Å². The van der Waals surface area contributed by atoms with Gasteiger partial charge in [-0.2, -0.15) is 0 Å². The number of hydrogen-bond donors (Lipinski definition) is 1. The van der Waals surface area contributed by atoms with Crippen LogP contribution in [0.5, 0.6) is 5.75 Å². The van der Waals surface area contributed by atoms with Crippen LogP contribution in [0.4, 0.5) is 13.2 Å². The Kier molecular flexibility index (Phi) is 5.09. The summed E-state index contributed by atoms with van der Waals surface area (Å²) in [7, 11) is 0. The van der Waals surface area contributed by atoms with Crippen LogP contribution >= 0.6 is 11.6 Å². The highest BCUT2D eigenvalue weighted by molar-refractivity contribution is 6.30. The molecule has 0 atom stereocenters. The summed E-state index contributed by atoms with van der Waals surface area (Å²) >= 11 is 5.88. The zero-order chi connectivity index (χ0) is 15.3. The minimum Gasteiger partial charge on any atom is -0.406 e. The van der Waals surface area contributed by atoms with E-state index in [1.165, 1.54) is 12.1 Å². The molecule has 2 aromatic carbocycles. The van der Waals surface area contributed by atoms with Crippen LogP contribution < -0.4 is 10.1 Å². The van der Waals surface area contributed by atoms with Crippen LogP contribution in [-0.4, -0.2) is 6.36 Å². The number of alkyl halides is 3. The van der Waals surface area contributed by atoms with Gasteiger partial charge in [-0.15, -0.1) is 13.2 Å². The first kappa shape index (κ1) is 15.7. The van der Waals surface area contributed by atoms with Crippen molar-refractivity contribution in [3.63, 3.8) is 0 Å². The molecule has 0 aliphatic heterocycles. The fraction of sp³-hybridized carbons (Fsp3) is 0.200. The van der Waals surface area contributed by atoms with E-state index in [2.05, 4.69) is 10.1 Å². The highest BCUT2D eigenvalue weighted by Crippen LogP contribution is 2.22. The van der Waals surface area contributed by atoms with Crippen LogP contribution in [0.15, 0.2) is 48.5 Å². The number of hydrogen-bond acceptors (Lipinski definition) is 2. The van der Waals surface area contributed by atoms with E-state index in [4.69, 9.17) is 11.6 Å². The van der Waals surface area contributed by atoms with Crippen molar-refractivity contribution in [2.75, 3.05) is 0 Å². The van der Waals surface area contributed by atoms with Crippen molar-refractivity contribution in [2.45, 2.75) is 19.5 Å². The van der Waals surface area contributed by atoms with E-state index in [0.717, 1.165) is 11.1 Å². The monoisotopic (exact) mass is 315 g/mol. The minimum atomic E-state index is -4.66. The zero-order valence-corrected chi connectivity index (χ0v) is 11.7. The van der Waals surface area contributed by atoms with Crippen LogP contribution in [0.3, 0.4) is 0 Å². The average molecular weight is 316 g/mol. The molecule has 21 heavy (non-hydrogen) atoms. The van der Waals surface area contributed by atoms with Gasteiger partial charge in [0.1, 0.15) is 5.75 Å². The average Bonchev–Trinajstić information content (AvgIpc) is 2.39. The molecule has 0 saturated heterocycles. The Bertz CT molecular complexity index is 584. The van der Waals surface area contributed by atoms with Crippen LogP contribution in [0.1, 0.15) is 11.1 Å². The van der Waals surface area contributed by atoms with Gasteiger partial charge in [0.25, 0.3) is 0 Å². The molecule has 0 radical (unpaired) electrons. The molecule has 0 spiro atoms. The lowest BCUT2D eigenvalue weighted by atomic mass is 10.2. The van der Waals surface area contributed by atoms with E-state index in [-0.39, 0.29) is 5.75 Å². The molecule has 2 rings (SSSR count). The third-order valence-electron chi connectivity index (χ3n) is 2.70. The first-order chi connectivity index (χ1) is 9.92. The van der Waals surface area contributed by atoms with Crippen LogP contribution in [0.25, 0.3) is 0 Å². The fourth-order valence-electron chi connectivity index (χ4n) is 1.81. The molecular formula is C15H13ClF3NO. The van der Waals surface area contributed by atoms with Crippen LogP contribution in [0.2, 0.25) is 5.02 Å². The van der Waals surface area contributed by atoms with E-state index < -0.39 is 6.36 Å². The Morgan fingerprint density at radius 2 is 1.62 bits per heavy atom. The Morgan fingerprint density at radius 3 is 2.24 bits per heavy atom. The maximum atomic E-state index is 12.0. The largest absolute Gasteiger partial charge is 0.573 e. The molecule has 0 fully saturated rings. The summed E-state index contributed by atoms with van der Waals surface area (Å²) in [5, 5.41) is 3.86. The Labute approximate surface area is 125 Å². The summed E-state index contributed by atoms with van der Waals surface area (Å²) in [4.78, 5) is 0. The van der Waals surface area contributed by atoms with Gasteiger partial charge in [0, 0.05) is 18.1 Å². The van der Waals surface area contributed by atoms with Gasteiger partial charge in [-0.25, -0.2) is 0 Å². The lowest BCUT2D eigenvalue weighted by Gasteiger charge is -2.10. The molecule has 0 heterocycles. The van der Waals surface area contributed by atoms with Crippen molar-refractivity contribution >= 4 is 11.6 Å². The van der Waals surface area contributed by atoms with E-state index in [1.54, 1.807) is 18.2 Å². The van der Waals surface area contributed by atoms with Gasteiger partial charge in [0.2, 0.25) is 0 Å². The van der Waals surface area contributed by atoms with Gasteiger partial charge < -0.3 is 10.1 Å². The van der Waals surface area contributed by atoms with Gasteiger partial charge in [-0.1, -0.05) is 35.9 Å². The molecule has 6 heteroatoms. The summed E-state index contributed by atoms with van der Waals surface area (Å²) in [6.07, 6.45) is -4.66. The summed E-state index contributed by atoms with van der Waals surface area (Å²) in [5.74, 6) is -0.221. The van der Waals surface area contributed by atoms with E-state index >= 15 is 0 Å². The Morgan fingerprint density at radius 1 is 0.952 bits per heavy atom. The molecule has 0 aromatic heterocycles. The number of nitrogens with one attached hydrogen (secondary N) is 1. The quantitative estimate of drug-likeness (QED) is 0.875. The van der Waals surface area contributed by atoms with Crippen molar-refractivity contribution in [1.29, 1.82) is 0 Å². The molecule has 0 bridgehead atoms. The predicted molar refractivity (Wildman–Crippen MR) is 75.1 cm³/mol. The molecule has 1 N–H and O–H groups in total. The summed E-state index contributed by atoms with van der Waals surface area (Å²) in [6.45, 7) is 1.17. The smallest absolute Gasteiger partial charge is 0.406 e. The van der Waals surface area contributed by atoms with Crippen LogP contribution in [0, 0.1) is 0 Å². The van der Waals surface area contributed by atoms with Gasteiger partial charge in [-0.3, -0.25) is 0 Å². The van der Waals surface area contributed by atoms with Gasteiger partial charge in [-0.05, 0) is 35.4 Å². The van der Waals surface area contributed by atoms with E-state index in [0.29, 0.717) is 18.1 Å². The molecule has 0 aliphatic rings. The zero-order valence-electron chi connectivity index (χ0n) is 11.0. The summed E-state index contributed by atoms with van der Waals surface area (Å²) in [6, 6.07) is 13.2. The molecular weight excluding hydrogens is 303 g/mol. The first-order valence-corrected chi connectivity index (χ1v) is 6.60. The highest BCUT2D eigenvalue weighted by atomic mass is 35.5. The number of halogens is 4. The van der Waals surface area contributed by atoms with E-state index in [1.807, 2.05) is 18.2 Å². The van der Waals surface area contributed by atoms with Crippen molar-refractivity contribution in [3.05, 3.63) is 64.7 Å². The van der Waals surface area contributed by atoms with Crippen molar-refractivity contribution < 1.29 is 17.9 Å². The molecule has 0 aliphatic carbocycles. The summed E-state index contributed by atoms with van der Waals surface area (Å²) < 4.78 is 39.9. The molecule has 0 saturated carbocycles. The van der Waals surface area contributed by atoms with E-state index in [9.17, 15) is 13.2 Å². The van der Waals surface area contributed by atoms with Crippen molar-refractivity contribution in [1.82, 2.24) is 5.32 Å². The molecule has 0 unspecified atom stereocenters. The maximum absolute atomic E-state index is 12.0. The van der Waals surface area contributed by atoms with Crippen LogP contribution in [-0.2, 0) is 13.1 Å². The standard InChI is InChI=1S/C15H13ClF3NO/c16-13-3-1-2-12(8-13)10-20-9-11-4-6-14(7-5-11)21-15(17,18)19/h1-8,20H,9-10H2. The maximum Gasteiger partial charge on any atom is 0.573 e. The summed E-state index contributed by atoms with van der Waals surface area (Å²) in [5.41, 5.74) is 1.91. The third kappa shape index (κ3) is 5.65. The number of ether oxygens (including phenoxy) is 1.